The molecule has 1 aliphatic carbocycles. The van der Waals surface area contributed by atoms with Crippen LogP contribution >= 0.6 is 0 Å². The normalized spacial score (nSPS) is 20.8. The molecule has 1 heterocycles. The van der Waals surface area contributed by atoms with Crippen LogP contribution in [-0.4, -0.2) is 35.6 Å². The van der Waals surface area contributed by atoms with E-state index in [1.807, 2.05) is 13.8 Å². The van der Waals surface area contributed by atoms with Crippen molar-refractivity contribution in [1.29, 1.82) is 0 Å². The summed E-state index contributed by atoms with van der Waals surface area (Å²) in [4.78, 5) is 15.7. The summed E-state index contributed by atoms with van der Waals surface area (Å²) in [6.07, 6.45) is 3.87. The van der Waals surface area contributed by atoms with Gasteiger partial charge in [-0.05, 0) is 18.9 Å². The third-order valence-corrected chi connectivity index (χ3v) is 3.69. The molecule has 0 spiro atoms. The lowest BCUT2D eigenvalue weighted by Gasteiger charge is -2.36. The molecule has 0 amide bonds. The molecule has 0 atom stereocenters. The minimum absolute atomic E-state index is 0.0124. The van der Waals surface area contributed by atoms with E-state index in [-0.39, 0.29) is 24.4 Å². The van der Waals surface area contributed by atoms with E-state index in [1.165, 1.54) is 0 Å². The van der Waals surface area contributed by atoms with E-state index in [9.17, 15) is 4.79 Å². The van der Waals surface area contributed by atoms with Crippen LogP contribution in [0.4, 0.5) is 0 Å². The van der Waals surface area contributed by atoms with Gasteiger partial charge in [0.25, 0.3) is 0 Å². The molecule has 1 aromatic heterocycles. The number of ketones is 1. The Kier molecular flexibility index (Phi) is 5.77. The van der Waals surface area contributed by atoms with Gasteiger partial charge in [0.1, 0.15) is 18.5 Å². The second-order valence-corrected chi connectivity index (χ2v) is 6.47. The zero-order valence-electron chi connectivity index (χ0n) is 13.8. The van der Waals surface area contributed by atoms with Gasteiger partial charge in [0.15, 0.2) is 5.78 Å². The fourth-order valence-electron chi connectivity index (χ4n) is 2.28. The fourth-order valence-corrected chi connectivity index (χ4v) is 2.28. The molecule has 2 rings (SSSR count). The van der Waals surface area contributed by atoms with E-state index in [0.29, 0.717) is 23.7 Å². The number of ether oxygens (including phenoxy) is 2. The topological polar surface area (TPSA) is 60.5 Å². The first kappa shape index (κ1) is 16.7. The van der Waals surface area contributed by atoms with Crippen molar-refractivity contribution in [2.45, 2.75) is 58.7 Å². The molecule has 1 N–H and O–H groups in total. The molecule has 1 aromatic rings. The number of hydrogen-bond donors (Lipinski definition) is 1. The highest BCUT2D eigenvalue weighted by Gasteiger charge is 2.31. The predicted molar refractivity (Wildman–Crippen MR) is 85.3 cm³/mol. The average molecular weight is 306 g/mol. The summed E-state index contributed by atoms with van der Waals surface area (Å²) in [5.41, 5.74) is 0. The molecule has 0 saturated heterocycles. The summed E-state index contributed by atoms with van der Waals surface area (Å²) in [5, 5.41) is 3.49. The smallest absolute Gasteiger partial charge is 0.213 e. The summed E-state index contributed by atoms with van der Waals surface area (Å²) in [6, 6.07) is 4.64. The average Bonchev–Trinajstić information content (AvgIpc) is 2.43. The van der Waals surface area contributed by atoms with Gasteiger partial charge < -0.3 is 14.8 Å². The maximum absolute atomic E-state index is 11.5. The van der Waals surface area contributed by atoms with Crippen molar-refractivity contribution in [2.75, 3.05) is 6.61 Å². The molecule has 0 bridgehead atoms. The van der Waals surface area contributed by atoms with Crippen LogP contribution in [0.15, 0.2) is 18.3 Å². The van der Waals surface area contributed by atoms with Crippen LogP contribution in [0, 0.1) is 5.92 Å². The van der Waals surface area contributed by atoms with Gasteiger partial charge in [0.2, 0.25) is 5.88 Å². The van der Waals surface area contributed by atoms with Crippen molar-refractivity contribution < 1.29 is 14.3 Å². The highest BCUT2D eigenvalue weighted by atomic mass is 16.5. The van der Waals surface area contributed by atoms with Gasteiger partial charge in [0.05, 0.1) is 6.20 Å². The first-order valence-electron chi connectivity index (χ1n) is 7.98. The van der Waals surface area contributed by atoms with Gasteiger partial charge in [0, 0.05) is 24.1 Å². The van der Waals surface area contributed by atoms with E-state index in [1.54, 1.807) is 18.3 Å². The van der Waals surface area contributed by atoms with Crippen molar-refractivity contribution >= 4 is 5.78 Å². The maximum atomic E-state index is 11.5. The summed E-state index contributed by atoms with van der Waals surface area (Å²) in [7, 11) is 0. The van der Waals surface area contributed by atoms with Crippen LogP contribution in [0.25, 0.3) is 0 Å². The molecule has 0 radical (unpaired) electrons. The van der Waals surface area contributed by atoms with E-state index in [0.717, 1.165) is 12.8 Å². The highest BCUT2D eigenvalue weighted by Crippen LogP contribution is 2.26. The Balaban J connectivity index is 1.72. The highest BCUT2D eigenvalue weighted by molar-refractivity contribution is 5.81. The number of aromatic nitrogens is 1. The van der Waals surface area contributed by atoms with Crippen LogP contribution < -0.4 is 14.8 Å². The minimum Gasteiger partial charge on any atom is -0.484 e. The van der Waals surface area contributed by atoms with Gasteiger partial charge in [-0.3, -0.25) is 4.79 Å². The largest absolute Gasteiger partial charge is 0.484 e. The quantitative estimate of drug-likeness (QED) is 0.800. The monoisotopic (exact) mass is 306 g/mol. The number of pyridine rings is 1. The zero-order valence-corrected chi connectivity index (χ0v) is 13.8. The lowest BCUT2D eigenvalue weighted by atomic mass is 9.89. The first-order valence-corrected chi connectivity index (χ1v) is 7.98. The van der Waals surface area contributed by atoms with Crippen LogP contribution in [0.3, 0.4) is 0 Å². The molecule has 5 heteroatoms. The standard InChI is InChI=1S/C17H26N2O3/c1-11(2)16(20)10-21-14-5-6-17(18-9-14)22-15-7-13(8-15)19-12(3)4/h5-6,9,11-13,15,19H,7-8,10H2,1-4H3/t13-,15+. The number of nitrogens with one attached hydrogen (secondary N) is 1. The van der Waals surface area contributed by atoms with E-state index >= 15 is 0 Å². The van der Waals surface area contributed by atoms with Crippen molar-refractivity contribution in [3.05, 3.63) is 18.3 Å². The molecule has 22 heavy (non-hydrogen) atoms. The number of carbonyl (C=O) groups is 1. The Bertz CT molecular complexity index is 479. The molecule has 5 nitrogen and oxygen atoms in total. The second-order valence-electron chi connectivity index (χ2n) is 6.47. The molecule has 122 valence electrons. The van der Waals surface area contributed by atoms with Crippen LogP contribution in [0.1, 0.15) is 40.5 Å². The van der Waals surface area contributed by atoms with Crippen molar-refractivity contribution in [3.8, 4) is 11.6 Å². The van der Waals surface area contributed by atoms with E-state index < -0.39 is 0 Å². The van der Waals surface area contributed by atoms with Crippen LogP contribution in [-0.2, 0) is 4.79 Å². The fraction of sp³-hybridized carbons (Fsp3) is 0.647. The van der Waals surface area contributed by atoms with Crippen molar-refractivity contribution in [3.63, 3.8) is 0 Å². The Morgan fingerprint density at radius 2 is 2.05 bits per heavy atom. The predicted octanol–water partition coefficient (Wildman–Crippen LogP) is 2.59. The molecule has 0 aromatic carbocycles. The Morgan fingerprint density at radius 3 is 2.59 bits per heavy atom. The zero-order chi connectivity index (χ0) is 16.1. The summed E-state index contributed by atoms with van der Waals surface area (Å²) in [6.45, 7) is 8.11. The Hall–Kier alpha value is -1.62. The van der Waals surface area contributed by atoms with Gasteiger partial charge in [-0.25, -0.2) is 4.98 Å². The lowest BCUT2D eigenvalue weighted by Crippen LogP contribution is -2.49. The lowest BCUT2D eigenvalue weighted by molar-refractivity contribution is -0.123. The Morgan fingerprint density at radius 1 is 1.32 bits per heavy atom. The second kappa shape index (κ2) is 7.58. The molecule has 0 unspecified atom stereocenters. The summed E-state index contributed by atoms with van der Waals surface area (Å²) in [5.74, 6) is 1.27. The summed E-state index contributed by atoms with van der Waals surface area (Å²) >= 11 is 0. The van der Waals surface area contributed by atoms with Gasteiger partial charge in [-0.2, -0.15) is 0 Å². The third-order valence-electron chi connectivity index (χ3n) is 3.69. The molecular formula is C17H26N2O3. The van der Waals surface area contributed by atoms with Crippen molar-refractivity contribution in [2.24, 2.45) is 5.92 Å². The van der Waals surface area contributed by atoms with E-state index in [4.69, 9.17) is 9.47 Å². The maximum Gasteiger partial charge on any atom is 0.213 e. The van der Waals surface area contributed by atoms with E-state index in [2.05, 4.69) is 24.1 Å². The number of hydrogen-bond acceptors (Lipinski definition) is 5. The molecule has 1 aliphatic rings. The van der Waals surface area contributed by atoms with Crippen molar-refractivity contribution in [1.82, 2.24) is 10.3 Å². The molecule has 1 fully saturated rings. The van der Waals surface area contributed by atoms with Gasteiger partial charge in [-0.1, -0.05) is 27.7 Å². The first-order chi connectivity index (χ1) is 10.4. The van der Waals surface area contributed by atoms with Gasteiger partial charge >= 0.3 is 0 Å². The SMILES string of the molecule is CC(C)N[C@H]1C[C@@H](Oc2ccc(OCC(=O)C(C)C)cn2)C1. The minimum atomic E-state index is -0.0124. The number of nitrogens with zero attached hydrogens (tertiary/aromatic N) is 1. The molecule has 0 aliphatic heterocycles. The molecular weight excluding hydrogens is 280 g/mol. The number of Topliss-reactive ketones (excluding diaryl/α,β-unsaturated/α-hetero) is 1. The Labute approximate surface area is 132 Å². The molecule has 1 saturated carbocycles. The van der Waals surface area contributed by atoms with Gasteiger partial charge in [-0.15, -0.1) is 0 Å². The van der Waals surface area contributed by atoms with Crippen LogP contribution in [0.5, 0.6) is 11.6 Å². The third kappa shape index (κ3) is 4.98. The summed E-state index contributed by atoms with van der Waals surface area (Å²) < 4.78 is 11.2. The number of rotatable bonds is 8. The van der Waals surface area contributed by atoms with Crippen LogP contribution in [0.2, 0.25) is 0 Å². The number of carbonyl (C=O) groups excluding carboxylic acids is 1.